The van der Waals surface area contributed by atoms with Crippen molar-refractivity contribution in [1.29, 1.82) is 0 Å². The van der Waals surface area contributed by atoms with Gasteiger partial charge in [0.25, 0.3) is 0 Å². The summed E-state index contributed by atoms with van der Waals surface area (Å²) in [6.07, 6.45) is 0. The van der Waals surface area contributed by atoms with Gasteiger partial charge in [0.1, 0.15) is 11.5 Å². The predicted molar refractivity (Wildman–Crippen MR) is 111 cm³/mol. The Balaban J connectivity index is 1.94. The van der Waals surface area contributed by atoms with Gasteiger partial charge >= 0.3 is 0 Å². The van der Waals surface area contributed by atoms with Gasteiger partial charge in [-0.25, -0.2) is 9.97 Å². The molecule has 0 saturated heterocycles. The minimum atomic E-state index is 0.807. The largest absolute Gasteiger partial charge is 0.497 e. The van der Waals surface area contributed by atoms with Crippen LogP contribution in [-0.2, 0) is 0 Å². The Bertz CT molecular complexity index is 1090. The summed E-state index contributed by atoms with van der Waals surface area (Å²) in [6.45, 7) is 0. The summed E-state index contributed by atoms with van der Waals surface area (Å²) in [6, 6.07) is 21.6. The minimum Gasteiger partial charge on any atom is -0.497 e. The van der Waals surface area contributed by atoms with E-state index in [9.17, 15) is 0 Å². The van der Waals surface area contributed by atoms with Crippen LogP contribution in [0.1, 0.15) is 0 Å². The van der Waals surface area contributed by atoms with Gasteiger partial charge in [-0.2, -0.15) is 0 Å². The molecule has 0 unspecified atom stereocenters. The zero-order chi connectivity index (χ0) is 18.8. The van der Waals surface area contributed by atoms with Crippen molar-refractivity contribution in [2.45, 2.75) is 0 Å². The van der Waals surface area contributed by atoms with E-state index in [0.29, 0.717) is 0 Å². The quantitative estimate of drug-likeness (QED) is 0.421. The fourth-order valence-electron chi connectivity index (χ4n) is 2.93. The van der Waals surface area contributed by atoms with Crippen LogP contribution in [0.4, 0.5) is 0 Å². The van der Waals surface area contributed by atoms with Crippen molar-refractivity contribution in [3.8, 4) is 34.0 Å². The van der Waals surface area contributed by atoms with E-state index in [0.717, 1.165) is 49.5 Å². The topological polar surface area (TPSA) is 44.2 Å². The summed E-state index contributed by atoms with van der Waals surface area (Å²) in [5.41, 5.74) is 5.31. The number of fused-ring (bicyclic) bond motifs is 1. The van der Waals surface area contributed by atoms with Crippen LogP contribution in [0.15, 0.2) is 71.2 Å². The van der Waals surface area contributed by atoms with Gasteiger partial charge in [-0.3, -0.25) is 0 Å². The van der Waals surface area contributed by atoms with Crippen molar-refractivity contribution in [2.75, 3.05) is 14.2 Å². The fourth-order valence-corrected chi connectivity index (χ4v) is 3.28. The first kappa shape index (κ1) is 17.5. The standard InChI is InChI=1S/C22H17BrN2O2/c1-26-17-8-3-14(4-9-17)21-22(15-5-10-18(27-2)11-6-15)25-20-13-16(23)7-12-19(20)24-21/h3-13H,1-2H3. The second-order valence-electron chi connectivity index (χ2n) is 6.01. The second-order valence-corrected chi connectivity index (χ2v) is 6.93. The van der Waals surface area contributed by atoms with Crippen LogP contribution < -0.4 is 9.47 Å². The van der Waals surface area contributed by atoms with Gasteiger partial charge in [0, 0.05) is 15.6 Å². The van der Waals surface area contributed by atoms with E-state index in [4.69, 9.17) is 19.4 Å². The molecule has 5 heteroatoms. The molecule has 0 amide bonds. The molecule has 4 rings (SSSR count). The lowest BCUT2D eigenvalue weighted by molar-refractivity contribution is 0.414. The molecule has 0 bridgehead atoms. The van der Waals surface area contributed by atoms with Crippen molar-refractivity contribution in [3.63, 3.8) is 0 Å². The maximum atomic E-state index is 5.28. The Hall–Kier alpha value is -2.92. The first-order chi connectivity index (χ1) is 13.2. The Labute approximate surface area is 165 Å². The lowest BCUT2D eigenvalue weighted by Gasteiger charge is -2.12. The summed E-state index contributed by atoms with van der Waals surface area (Å²) >= 11 is 3.51. The Morgan fingerprint density at radius 3 is 1.59 bits per heavy atom. The van der Waals surface area contributed by atoms with Gasteiger partial charge in [0.05, 0.1) is 36.6 Å². The number of ether oxygens (including phenoxy) is 2. The van der Waals surface area contributed by atoms with Crippen LogP contribution in [0.2, 0.25) is 0 Å². The lowest BCUT2D eigenvalue weighted by Crippen LogP contribution is -1.96. The molecular weight excluding hydrogens is 404 g/mol. The highest BCUT2D eigenvalue weighted by Crippen LogP contribution is 2.33. The number of halogens is 1. The third-order valence-corrected chi connectivity index (χ3v) is 4.85. The van der Waals surface area contributed by atoms with E-state index in [2.05, 4.69) is 15.9 Å². The van der Waals surface area contributed by atoms with Crippen LogP contribution in [-0.4, -0.2) is 24.2 Å². The molecule has 0 spiro atoms. The summed E-state index contributed by atoms with van der Waals surface area (Å²) in [5, 5.41) is 0. The average Bonchev–Trinajstić information content (AvgIpc) is 2.73. The number of methoxy groups -OCH3 is 2. The van der Waals surface area contributed by atoms with Gasteiger partial charge in [-0.05, 0) is 66.7 Å². The molecule has 0 aliphatic rings. The molecule has 1 aromatic heterocycles. The number of nitrogens with zero attached hydrogens (tertiary/aromatic N) is 2. The highest BCUT2D eigenvalue weighted by atomic mass is 79.9. The molecule has 0 radical (unpaired) electrons. The highest BCUT2D eigenvalue weighted by molar-refractivity contribution is 9.10. The highest BCUT2D eigenvalue weighted by Gasteiger charge is 2.14. The summed E-state index contributed by atoms with van der Waals surface area (Å²) in [4.78, 5) is 9.82. The Kier molecular flexibility index (Phi) is 4.77. The zero-order valence-electron chi connectivity index (χ0n) is 14.9. The molecule has 0 atom stereocenters. The SMILES string of the molecule is COc1ccc(-c2nc3ccc(Br)cc3nc2-c2ccc(OC)cc2)cc1. The van der Waals surface area contributed by atoms with Crippen LogP contribution in [0.3, 0.4) is 0 Å². The van der Waals surface area contributed by atoms with Gasteiger partial charge < -0.3 is 9.47 Å². The third kappa shape index (κ3) is 3.51. The molecule has 0 aliphatic carbocycles. The van der Waals surface area contributed by atoms with Crippen molar-refractivity contribution in [1.82, 2.24) is 9.97 Å². The molecular formula is C22H17BrN2O2. The molecule has 134 valence electrons. The van der Waals surface area contributed by atoms with E-state index in [1.165, 1.54) is 0 Å². The average molecular weight is 421 g/mol. The van der Waals surface area contributed by atoms with E-state index < -0.39 is 0 Å². The summed E-state index contributed by atoms with van der Waals surface area (Å²) in [5.74, 6) is 1.61. The van der Waals surface area contributed by atoms with Crippen molar-refractivity contribution in [3.05, 3.63) is 71.2 Å². The van der Waals surface area contributed by atoms with Crippen LogP contribution in [0.25, 0.3) is 33.5 Å². The predicted octanol–water partition coefficient (Wildman–Crippen LogP) is 5.74. The lowest BCUT2D eigenvalue weighted by atomic mass is 10.0. The molecule has 3 aromatic carbocycles. The number of hydrogen-bond acceptors (Lipinski definition) is 4. The molecule has 0 saturated carbocycles. The van der Waals surface area contributed by atoms with E-state index in [1.807, 2.05) is 66.7 Å². The van der Waals surface area contributed by atoms with E-state index in [-0.39, 0.29) is 0 Å². The van der Waals surface area contributed by atoms with E-state index >= 15 is 0 Å². The molecule has 4 nitrogen and oxygen atoms in total. The van der Waals surface area contributed by atoms with Crippen LogP contribution >= 0.6 is 15.9 Å². The van der Waals surface area contributed by atoms with Gasteiger partial charge in [0.15, 0.2) is 0 Å². The third-order valence-electron chi connectivity index (χ3n) is 4.35. The monoisotopic (exact) mass is 420 g/mol. The first-order valence-corrected chi connectivity index (χ1v) is 9.23. The Morgan fingerprint density at radius 2 is 1.11 bits per heavy atom. The summed E-state index contributed by atoms with van der Waals surface area (Å²) < 4.78 is 11.5. The molecule has 1 heterocycles. The maximum absolute atomic E-state index is 5.28. The second kappa shape index (κ2) is 7.37. The number of aromatic nitrogens is 2. The number of benzene rings is 3. The van der Waals surface area contributed by atoms with Crippen molar-refractivity contribution in [2.24, 2.45) is 0 Å². The normalized spacial score (nSPS) is 10.8. The van der Waals surface area contributed by atoms with Crippen LogP contribution in [0.5, 0.6) is 11.5 Å². The Morgan fingerprint density at radius 1 is 0.630 bits per heavy atom. The molecule has 4 aromatic rings. The zero-order valence-corrected chi connectivity index (χ0v) is 16.5. The van der Waals surface area contributed by atoms with Gasteiger partial charge in [0.2, 0.25) is 0 Å². The molecule has 0 N–H and O–H groups in total. The van der Waals surface area contributed by atoms with Gasteiger partial charge in [-0.15, -0.1) is 0 Å². The molecule has 0 fully saturated rings. The van der Waals surface area contributed by atoms with E-state index in [1.54, 1.807) is 14.2 Å². The van der Waals surface area contributed by atoms with Crippen molar-refractivity contribution >= 4 is 27.0 Å². The maximum Gasteiger partial charge on any atom is 0.118 e. The minimum absolute atomic E-state index is 0.807. The molecule has 27 heavy (non-hydrogen) atoms. The smallest absolute Gasteiger partial charge is 0.118 e. The number of rotatable bonds is 4. The number of hydrogen-bond donors (Lipinski definition) is 0. The van der Waals surface area contributed by atoms with Crippen LogP contribution in [0, 0.1) is 0 Å². The fraction of sp³-hybridized carbons (Fsp3) is 0.0909. The summed E-state index contributed by atoms with van der Waals surface area (Å²) in [7, 11) is 3.32. The van der Waals surface area contributed by atoms with Crippen molar-refractivity contribution < 1.29 is 9.47 Å². The van der Waals surface area contributed by atoms with Gasteiger partial charge in [-0.1, -0.05) is 15.9 Å². The molecule has 0 aliphatic heterocycles. The first-order valence-electron chi connectivity index (χ1n) is 8.44.